The van der Waals surface area contributed by atoms with Crippen LogP contribution >= 0.6 is 0 Å². The van der Waals surface area contributed by atoms with Crippen molar-refractivity contribution in [1.82, 2.24) is 5.32 Å². The van der Waals surface area contributed by atoms with Crippen molar-refractivity contribution in [2.45, 2.75) is 31.7 Å². The van der Waals surface area contributed by atoms with Crippen molar-refractivity contribution < 1.29 is 9.90 Å². The third-order valence-electron chi connectivity index (χ3n) is 4.47. The fourth-order valence-corrected chi connectivity index (χ4v) is 3.20. The van der Waals surface area contributed by atoms with E-state index in [0.29, 0.717) is 5.56 Å². The van der Waals surface area contributed by atoms with E-state index in [1.807, 2.05) is 42.5 Å². The predicted octanol–water partition coefficient (Wildman–Crippen LogP) is 3.12. The maximum absolute atomic E-state index is 12.4. The number of aliphatic hydroxyl groups is 1. The maximum atomic E-state index is 12.4. The Bertz CT molecular complexity index is 638. The topological polar surface area (TPSA) is 49.3 Å². The van der Waals surface area contributed by atoms with E-state index in [1.54, 1.807) is 0 Å². The quantitative estimate of drug-likeness (QED) is 0.909. The predicted molar refractivity (Wildman–Crippen MR) is 84.2 cm³/mol. The van der Waals surface area contributed by atoms with Crippen LogP contribution in [0, 0.1) is 5.92 Å². The lowest BCUT2D eigenvalue weighted by atomic mass is 9.85. The van der Waals surface area contributed by atoms with Crippen LogP contribution < -0.4 is 5.32 Å². The summed E-state index contributed by atoms with van der Waals surface area (Å²) >= 11 is 0. The van der Waals surface area contributed by atoms with Crippen LogP contribution in [0.5, 0.6) is 0 Å². The molecule has 1 fully saturated rings. The summed E-state index contributed by atoms with van der Waals surface area (Å²) in [6.45, 7) is 0.155. The van der Waals surface area contributed by atoms with E-state index in [4.69, 9.17) is 0 Å². The summed E-state index contributed by atoms with van der Waals surface area (Å²) in [6, 6.07) is 13.9. The fourth-order valence-electron chi connectivity index (χ4n) is 3.20. The van der Waals surface area contributed by atoms with E-state index < -0.39 is 0 Å². The number of nitrogens with one attached hydrogen (secondary N) is 1. The third-order valence-corrected chi connectivity index (χ3v) is 4.47. The molecule has 1 saturated carbocycles. The molecule has 1 aliphatic rings. The van der Waals surface area contributed by atoms with Gasteiger partial charge in [0.1, 0.15) is 0 Å². The number of amides is 1. The molecule has 3 nitrogen and oxygen atoms in total. The lowest BCUT2D eigenvalue weighted by Gasteiger charge is -2.30. The highest BCUT2D eigenvalue weighted by Gasteiger charge is 2.26. The van der Waals surface area contributed by atoms with Crippen LogP contribution in [0.2, 0.25) is 0 Å². The van der Waals surface area contributed by atoms with E-state index in [0.717, 1.165) is 36.5 Å². The summed E-state index contributed by atoms with van der Waals surface area (Å²) in [5.74, 6) is 0.161. The molecule has 0 heterocycles. The highest BCUT2D eigenvalue weighted by atomic mass is 16.3. The molecule has 3 rings (SSSR count). The molecule has 0 aliphatic heterocycles. The largest absolute Gasteiger partial charge is 0.396 e. The van der Waals surface area contributed by atoms with E-state index in [-0.39, 0.29) is 24.5 Å². The summed E-state index contributed by atoms with van der Waals surface area (Å²) in [5.41, 5.74) is 0.691. The zero-order valence-corrected chi connectivity index (χ0v) is 12.1. The van der Waals surface area contributed by atoms with Crippen LogP contribution in [0.25, 0.3) is 10.8 Å². The van der Waals surface area contributed by atoms with Crippen LogP contribution in [0.15, 0.2) is 42.5 Å². The first-order valence-corrected chi connectivity index (χ1v) is 7.68. The molecule has 2 N–H and O–H groups in total. The van der Waals surface area contributed by atoms with Crippen molar-refractivity contribution in [2.75, 3.05) is 6.61 Å². The van der Waals surface area contributed by atoms with E-state index in [9.17, 15) is 9.90 Å². The van der Waals surface area contributed by atoms with E-state index >= 15 is 0 Å². The number of carbonyl (C=O) groups excluding carboxylic acids is 1. The number of hydrogen-bond acceptors (Lipinski definition) is 2. The van der Waals surface area contributed by atoms with Gasteiger partial charge in [-0.1, -0.05) is 43.2 Å². The van der Waals surface area contributed by atoms with Gasteiger partial charge in [-0.25, -0.2) is 0 Å². The Labute approximate surface area is 125 Å². The molecule has 2 aromatic carbocycles. The lowest BCUT2D eigenvalue weighted by molar-refractivity contribution is 0.0872. The lowest BCUT2D eigenvalue weighted by Crippen LogP contribution is -2.43. The Morgan fingerprint density at radius 3 is 2.67 bits per heavy atom. The molecule has 0 aromatic heterocycles. The summed E-state index contributed by atoms with van der Waals surface area (Å²) < 4.78 is 0. The number of carbonyl (C=O) groups is 1. The van der Waals surface area contributed by atoms with Gasteiger partial charge in [-0.05, 0) is 35.7 Å². The monoisotopic (exact) mass is 283 g/mol. The molecule has 3 heteroatoms. The standard InChI is InChI=1S/C18H21NO2/c20-12-16-7-3-4-8-17(16)19-18(21)15-10-9-13-5-1-2-6-14(13)11-15/h1-2,5-6,9-11,16-17,20H,3-4,7-8,12H2,(H,19,21). The zero-order valence-electron chi connectivity index (χ0n) is 12.1. The summed E-state index contributed by atoms with van der Waals surface area (Å²) in [6.07, 6.45) is 4.23. The van der Waals surface area contributed by atoms with Crippen molar-refractivity contribution in [1.29, 1.82) is 0 Å². The first kappa shape index (κ1) is 14.1. The minimum absolute atomic E-state index is 0.0360. The molecule has 110 valence electrons. The molecule has 2 aromatic rings. The molecule has 1 aliphatic carbocycles. The van der Waals surface area contributed by atoms with Gasteiger partial charge in [0, 0.05) is 24.1 Å². The average Bonchev–Trinajstić information content (AvgIpc) is 2.55. The van der Waals surface area contributed by atoms with Gasteiger partial charge < -0.3 is 10.4 Å². The van der Waals surface area contributed by atoms with E-state index in [1.165, 1.54) is 0 Å². The number of benzene rings is 2. The smallest absolute Gasteiger partial charge is 0.251 e. The minimum atomic E-state index is -0.0360. The van der Waals surface area contributed by atoms with Crippen LogP contribution in [-0.4, -0.2) is 23.7 Å². The molecule has 1 amide bonds. The first-order valence-electron chi connectivity index (χ1n) is 7.68. The summed E-state index contributed by atoms with van der Waals surface area (Å²) in [7, 11) is 0. The molecule has 21 heavy (non-hydrogen) atoms. The number of rotatable bonds is 3. The average molecular weight is 283 g/mol. The van der Waals surface area contributed by atoms with Gasteiger partial charge in [0.2, 0.25) is 0 Å². The number of fused-ring (bicyclic) bond motifs is 1. The Hall–Kier alpha value is -1.87. The second-order valence-electron chi connectivity index (χ2n) is 5.87. The fraction of sp³-hybridized carbons (Fsp3) is 0.389. The van der Waals surface area contributed by atoms with Crippen molar-refractivity contribution in [3.05, 3.63) is 48.0 Å². The Morgan fingerprint density at radius 1 is 1.10 bits per heavy atom. The summed E-state index contributed by atoms with van der Waals surface area (Å²) in [4.78, 5) is 12.4. The van der Waals surface area contributed by atoms with Crippen LogP contribution in [-0.2, 0) is 0 Å². The van der Waals surface area contributed by atoms with Crippen molar-refractivity contribution in [3.63, 3.8) is 0 Å². The summed E-state index contributed by atoms with van der Waals surface area (Å²) in [5, 5.41) is 14.8. The number of aliphatic hydroxyl groups excluding tert-OH is 1. The molecule has 0 radical (unpaired) electrons. The van der Waals surface area contributed by atoms with Gasteiger partial charge in [0.25, 0.3) is 5.91 Å². The SMILES string of the molecule is O=C(NC1CCCCC1CO)c1ccc2ccccc2c1. The van der Waals surface area contributed by atoms with Gasteiger partial charge in [0.05, 0.1) is 0 Å². The second-order valence-corrected chi connectivity index (χ2v) is 5.87. The molecular weight excluding hydrogens is 262 g/mol. The Kier molecular flexibility index (Phi) is 4.20. The minimum Gasteiger partial charge on any atom is -0.396 e. The Morgan fingerprint density at radius 2 is 1.86 bits per heavy atom. The molecule has 0 saturated heterocycles. The molecule has 2 atom stereocenters. The van der Waals surface area contributed by atoms with Gasteiger partial charge in [-0.3, -0.25) is 4.79 Å². The highest BCUT2D eigenvalue weighted by Crippen LogP contribution is 2.24. The zero-order chi connectivity index (χ0) is 14.7. The van der Waals surface area contributed by atoms with Crippen molar-refractivity contribution in [3.8, 4) is 0 Å². The van der Waals surface area contributed by atoms with Crippen molar-refractivity contribution in [2.24, 2.45) is 5.92 Å². The number of hydrogen-bond donors (Lipinski definition) is 2. The van der Waals surface area contributed by atoms with Crippen LogP contribution in [0.4, 0.5) is 0 Å². The second kappa shape index (κ2) is 6.27. The first-order chi connectivity index (χ1) is 10.3. The third kappa shape index (κ3) is 3.08. The highest BCUT2D eigenvalue weighted by molar-refractivity contribution is 5.98. The van der Waals surface area contributed by atoms with Crippen LogP contribution in [0.1, 0.15) is 36.0 Å². The molecule has 0 bridgehead atoms. The van der Waals surface area contributed by atoms with Gasteiger partial charge >= 0.3 is 0 Å². The maximum Gasteiger partial charge on any atom is 0.251 e. The molecule has 2 unspecified atom stereocenters. The van der Waals surface area contributed by atoms with Crippen LogP contribution in [0.3, 0.4) is 0 Å². The molecular formula is C18H21NO2. The Balaban J connectivity index is 1.76. The van der Waals surface area contributed by atoms with Gasteiger partial charge in [-0.15, -0.1) is 0 Å². The van der Waals surface area contributed by atoms with Crippen molar-refractivity contribution >= 4 is 16.7 Å². The normalized spacial score (nSPS) is 22.1. The van der Waals surface area contributed by atoms with E-state index in [2.05, 4.69) is 5.32 Å². The van der Waals surface area contributed by atoms with Gasteiger partial charge in [-0.2, -0.15) is 0 Å². The van der Waals surface area contributed by atoms with Gasteiger partial charge in [0.15, 0.2) is 0 Å². The molecule has 0 spiro atoms.